The molecule has 3 N–H and O–H groups in total. The van der Waals surface area contributed by atoms with E-state index in [1.807, 2.05) is 0 Å². The van der Waals surface area contributed by atoms with E-state index in [-0.39, 0.29) is 17.4 Å². The van der Waals surface area contributed by atoms with Crippen LogP contribution < -0.4 is 5.32 Å². The highest BCUT2D eigenvalue weighted by molar-refractivity contribution is 7.99. The lowest BCUT2D eigenvalue weighted by Gasteiger charge is -2.09. The molecular weight excluding hydrogens is 292 g/mol. The minimum Gasteiger partial charge on any atom is -0.481 e. The van der Waals surface area contributed by atoms with Crippen LogP contribution in [0.2, 0.25) is 0 Å². The molecule has 0 radical (unpaired) electrons. The molecule has 0 bridgehead atoms. The molecule has 0 fully saturated rings. The van der Waals surface area contributed by atoms with Crippen LogP contribution in [0.15, 0.2) is 0 Å². The Hall–Kier alpha value is -1.76. The second-order valence-corrected chi connectivity index (χ2v) is 6.06. The van der Waals surface area contributed by atoms with Crippen molar-refractivity contribution in [2.24, 2.45) is 0 Å². The molecule has 114 valence electrons. The molecule has 1 aliphatic rings. The van der Waals surface area contributed by atoms with Gasteiger partial charge in [0.25, 0.3) is 5.91 Å². The molecule has 1 amide bonds. The lowest BCUT2D eigenvalue weighted by Crippen LogP contribution is -2.27. The van der Waals surface area contributed by atoms with Crippen LogP contribution in [0.5, 0.6) is 0 Å². The number of aryl methyl sites for hydroxylation is 1. The molecule has 0 saturated heterocycles. The summed E-state index contributed by atoms with van der Waals surface area (Å²) in [6.45, 7) is 2.18. The van der Waals surface area contributed by atoms with Crippen molar-refractivity contribution in [1.82, 2.24) is 10.3 Å². The molecule has 7 heteroatoms. The number of nitrogens with one attached hydrogen (secondary N) is 2. The summed E-state index contributed by atoms with van der Waals surface area (Å²) in [4.78, 5) is 37.4. The number of aliphatic carboxylic acids is 1. The second kappa shape index (κ2) is 6.80. The van der Waals surface area contributed by atoms with Crippen molar-refractivity contribution in [2.45, 2.75) is 26.2 Å². The summed E-state index contributed by atoms with van der Waals surface area (Å²) in [6.07, 6.45) is 2.15. The first kappa shape index (κ1) is 15.6. The Balaban J connectivity index is 1.94. The predicted octanol–water partition coefficient (Wildman–Crippen LogP) is 1.39. The fourth-order valence-electron chi connectivity index (χ4n) is 2.49. The number of aromatic nitrogens is 1. The molecule has 1 aromatic heterocycles. The number of hydrogen-bond acceptors (Lipinski definition) is 4. The Labute approximate surface area is 126 Å². The fourth-order valence-corrected chi connectivity index (χ4v) is 3.05. The first-order valence-corrected chi connectivity index (χ1v) is 7.98. The first-order chi connectivity index (χ1) is 10.0. The molecule has 6 nitrogen and oxygen atoms in total. The molecule has 1 aromatic rings. The van der Waals surface area contributed by atoms with Crippen LogP contribution in [-0.2, 0) is 11.2 Å². The summed E-state index contributed by atoms with van der Waals surface area (Å²) in [5.74, 6) is -0.444. The molecule has 0 unspecified atom stereocenters. The van der Waals surface area contributed by atoms with E-state index in [0.29, 0.717) is 35.5 Å². The van der Waals surface area contributed by atoms with E-state index in [1.165, 1.54) is 11.8 Å². The number of carbonyl (C=O) groups excluding carboxylic acids is 2. The predicted molar refractivity (Wildman–Crippen MR) is 80.1 cm³/mol. The maximum absolute atomic E-state index is 12.1. The average molecular weight is 310 g/mol. The van der Waals surface area contributed by atoms with Crippen molar-refractivity contribution in [3.8, 4) is 0 Å². The summed E-state index contributed by atoms with van der Waals surface area (Å²) >= 11 is 1.25. The Kier molecular flexibility index (Phi) is 5.06. The molecule has 1 aliphatic carbocycles. The maximum Gasteiger partial charge on any atom is 0.313 e. The number of aromatic amines is 1. The summed E-state index contributed by atoms with van der Waals surface area (Å²) in [5.41, 5.74) is 2.68. The quantitative estimate of drug-likeness (QED) is 0.690. The Morgan fingerprint density at radius 3 is 2.81 bits per heavy atom. The lowest BCUT2D eigenvalue weighted by atomic mass is 9.94. The molecule has 0 aromatic carbocycles. The largest absolute Gasteiger partial charge is 0.481 e. The van der Waals surface area contributed by atoms with Gasteiger partial charge in [-0.1, -0.05) is 0 Å². The number of Topliss-reactive ketones (excluding diaryl/α,β-unsaturated/α-hetero) is 1. The van der Waals surface area contributed by atoms with E-state index in [1.54, 1.807) is 6.92 Å². The number of carboxylic acids is 1. The minimum atomic E-state index is -0.863. The number of carbonyl (C=O) groups is 3. The van der Waals surface area contributed by atoms with Crippen LogP contribution in [-0.4, -0.2) is 45.8 Å². The number of hydrogen-bond donors (Lipinski definition) is 3. The van der Waals surface area contributed by atoms with Gasteiger partial charge in [-0.25, -0.2) is 0 Å². The lowest BCUT2D eigenvalue weighted by molar-refractivity contribution is -0.133. The molecular formula is C14H18N2O4S. The van der Waals surface area contributed by atoms with Gasteiger partial charge in [-0.3, -0.25) is 14.4 Å². The number of amides is 1. The maximum atomic E-state index is 12.1. The van der Waals surface area contributed by atoms with E-state index < -0.39 is 5.97 Å². The van der Waals surface area contributed by atoms with Crippen LogP contribution in [0.25, 0.3) is 0 Å². The van der Waals surface area contributed by atoms with E-state index >= 15 is 0 Å². The average Bonchev–Trinajstić information content (AvgIpc) is 2.76. The van der Waals surface area contributed by atoms with Gasteiger partial charge in [0.2, 0.25) is 0 Å². The number of H-pyrrole nitrogens is 1. The standard InChI is InChI=1S/C14H18N2O4S/c1-8-12-9(3-2-4-10(12)17)16-13(8)14(20)15-5-6-21-7-11(18)19/h16H,2-7H2,1H3,(H,15,20)(H,18,19). The third kappa shape index (κ3) is 3.66. The number of ketones is 1. The second-order valence-electron chi connectivity index (χ2n) is 4.96. The zero-order chi connectivity index (χ0) is 15.4. The normalized spacial score (nSPS) is 13.9. The highest BCUT2D eigenvalue weighted by Crippen LogP contribution is 2.26. The van der Waals surface area contributed by atoms with Crippen molar-refractivity contribution in [3.63, 3.8) is 0 Å². The van der Waals surface area contributed by atoms with Crippen LogP contribution in [0.4, 0.5) is 0 Å². The van der Waals surface area contributed by atoms with Crippen LogP contribution >= 0.6 is 11.8 Å². The van der Waals surface area contributed by atoms with Crippen molar-refractivity contribution < 1.29 is 19.5 Å². The molecule has 0 saturated carbocycles. The smallest absolute Gasteiger partial charge is 0.313 e. The Bertz CT molecular complexity index is 580. The molecule has 1 heterocycles. The van der Waals surface area contributed by atoms with Gasteiger partial charge in [-0.15, -0.1) is 11.8 Å². The monoisotopic (exact) mass is 310 g/mol. The molecule has 0 aliphatic heterocycles. The number of rotatable bonds is 6. The summed E-state index contributed by atoms with van der Waals surface area (Å²) in [7, 11) is 0. The Morgan fingerprint density at radius 1 is 1.38 bits per heavy atom. The van der Waals surface area contributed by atoms with Gasteiger partial charge in [0.15, 0.2) is 5.78 Å². The van der Waals surface area contributed by atoms with Crippen molar-refractivity contribution in [1.29, 1.82) is 0 Å². The summed E-state index contributed by atoms with van der Waals surface area (Å²) in [5, 5.41) is 11.3. The van der Waals surface area contributed by atoms with E-state index in [0.717, 1.165) is 18.5 Å². The topological polar surface area (TPSA) is 99.3 Å². The number of thioether (sulfide) groups is 1. The van der Waals surface area contributed by atoms with Gasteiger partial charge in [0.1, 0.15) is 5.69 Å². The summed E-state index contributed by atoms with van der Waals surface area (Å²) < 4.78 is 0. The van der Waals surface area contributed by atoms with Gasteiger partial charge >= 0.3 is 5.97 Å². The van der Waals surface area contributed by atoms with Crippen molar-refractivity contribution >= 4 is 29.4 Å². The van der Waals surface area contributed by atoms with E-state index in [9.17, 15) is 14.4 Å². The molecule has 0 spiro atoms. The van der Waals surface area contributed by atoms with E-state index in [2.05, 4.69) is 10.3 Å². The van der Waals surface area contributed by atoms with Crippen molar-refractivity contribution in [3.05, 3.63) is 22.5 Å². The number of carboxylic acid groups (broad SMARTS) is 1. The molecule has 21 heavy (non-hydrogen) atoms. The third-order valence-electron chi connectivity index (χ3n) is 3.42. The Morgan fingerprint density at radius 2 is 2.14 bits per heavy atom. The van der Waals surface area contributed by atoms with Crippen LogP contribution in [0.3, 0.4) is 0 Å². The van der Waals surface area contributed by atoms with Crippen molar-refractivity contribution in [2.75, 3.05) is 18.1 Å². The van der Waals surface area contributed by atoms with Crippen LogP contribution in [0.1, 0.15) is 44.9 Å². The van der Waals surface area contributed by atoms with E-state index in [4.69, 9.17) is 5.11 Å². The summed E-state index contributed by atoms with van der Waals surface area (Å²) in [6, 6.07) is 0. The SMILES string of the molecule is Cc1c(C(=O)NCCSCC(=O)O)[nH]c2c1C(=O)CCC2. The zero-order valence-electron chi connectivity index (χ0n) is 11.8. The van der Waals surface area contributed by atoms with Gasteiger partial charge in [-0.2, -0.15) is 0 Å². The number of fused-ring (bicyclic) bond motifs is 1. The highest BCUT2D eigenvalue weighted by atomic mass is 32.2. The first-order valence-electron chi connectivity index (χ1n) is 6.83. The zero-order valence-corrected chi connectivity index (χ0v) is 12.6. The van der Waals surface area contributed by atoms with Gasteiger partial charge in [0.05, 0.1) is 5.75 Å². The highest BCUT2D eigenvalue weighted by Gasteiger charge is 2.26. The molecule has 0 atom stereocenters. The van der Waals surface area contributed by atoms with Gasteiger partial charge < -0.3 is 15.4 Å². The third-order valence-corrected chi connectivity index (χ3v) is 4.37. The van der Waals surface area contributed by atoms with Gasteiger partial charge in [-0.05, 0) is 25.3 Å². The van der Waals surface area contributed by atoms with Crippen LogP contribution in [0, 0.1) is 6.92 Å². The van der Waals surface area contributed by atoms with Gasteiger partial charge in [0, 0.05) is 30.0 Å². The fraction of sp³-hybridized carbons (Fsp3) is 0.500. The minimum absolute atomic E-state index is 0.0280. The molecule has 2 rings (SSSR count).